The summed E-state index contributed by atoms with van der Waals surface area (Å²) < 4.78 is 5.60. The first-order chi connectivity index (χ1) is 11.1. The van der Waals surface area contributed by atoms with Crippen LogP contribution in [0.25, 0.3) is 11.5 Å². The maximum Gasteiger partial charge on any atom is 0.247 e. The van der Waals surface area contributed by atoms with Gasteiger partial charge >= 0.3 is 0 Å². The first-order valence-corrected chi connectivity index (χ1v) is 8.03. The molecule has 118 valence electrons. The first-order valence-electron chi connectivity index (χ1n) is 7.22. The highest BCUT2D eigenvalue weighted by Crippen LogP contribution is 2.19. The standard InChI is InChI=1S/C16H16N4O2S/c1-10-3-5-12(6-4-10)15-20-19-14(22-15)8-7-13(21)18-16-17-9-11(2)23-16/h3-6,9H,7-8H2,1-2H3,(H,17,18,21). The van der Waals surface area contributed by atoms with Crippen molar-refractivity contribution in [2.45, 2.75) is 26.7 Å². The molecular formula is C16H16N4O2S. The fourth-order valence-electron chi connectivity index (χ4n) is 1.98. The smallest absolute Gasteiger partial charge is 0.247 e. The van der Waals surface area contributed by atoms with E-state index >= 15 is 0 Å². The molecule has 2 heterocycles. The van der Waals surface area contributed by atoms with Crippen molar-refractivity contribution >= 4 is 22.4 Å². The Hall–Kier alpha value is -2.54. The van der Waals surface area contributed by atoms with E-state index in [4.69, 9.17) is 4.42 Å². The molecule has 3 rings (SSSR count). The van der Waals surface area contributed by atoms with Gasteiger partial charge in [-0.3, -0.25) is 4.79 Å². The number of carbonyl (C=O) groups is 1. The summed E-state index contributed by atoms with van der Waals surface area (Å²) in [6.45, 7) is 3.96. The number of hydrogen-bond donors (Lipinski definition) is 1. The quantitative estimate of drug-likeness (QED) is 0.776. The number of rotatable bonds is 5. The summed E-state index contributed by atoms with van der Waals surface area (Å²) in [6, 6.07) is 7.85. The highest BCUT2D eigenvalue weighted by molar-refractivity contribution is 7.15. The highest BCUT2D eigenvalue weighted by Gasteiger charge is 2.11. The van der Waals surface area contributed by atoms with Crippen molar-refractivity contribution in [3.8, 4) is 11.5 Å². The summed E-state index contributed by atoms with van der Waals surface area (Å²) in [6.07, 6.45) is 2.40. The lowest BCUT2D eigenvalue weighted by atomic mass is 10.1. The van der Waals surface area contributed by atoms with Crippen molar-refractivity contribution in [1.82, 2.24) is 15.2 Å². The third-order valence-corrected chi connectivity index (χ3v) is 4.03. The maximum atomic E-state index is 11.9. The van der Waals surface area contributed by atoms with Crippen molar-refractivity contribution in [3.63, 3.8) is 0 Å². The molecule has 1 aromatic carbocycles. The van der Waals surface area contributed by atoms with Gasteiger partial charge in [0.25, 0.3) is 0 Å². The topological polar surface area (TPSA) is 80.9 Å². The number of aryl methyl sites for hydroxylation is 3. The van der Waals surface area contributed by atoms with E-state index in [1.165, 1.54) is 16.9 Å². The molecule has 3 aromatic rings. The molecule has 0 aliphatic rings. The average molecular weight is 328 g/mol. The fraction of sp³-hybridized carbons (Fsp3) is 0.250. The molecule has 0 saturated carbocycles. The predicted molar refractivity (Wildman–Crippen MR) is 88.3 cm³/mol. The van der Waals surface area contributed by atoms with Crippen LogP contribution in [0.1, 0.15) is 22.8 Å². The van der Waals surface area contributed by atoms with E-state index in [0.717, 1.165) is 10.4 Å². The van der Waals surface area contributed by atoms with Crippen molar-refractivity contribution in [2.24, 2.45) is 0 Å². The van der Waals surface area contributed by atoms with Crippen molar-refractivity contribution in [1.29, 1.82) is 0 Å². The second kappa shape index (κ2) is 6.70. The molecule has 0 aliphatic heterocycles. The maximum absolute atomic E-state index is 11.9. The molecule has 0 atom stereocenters. The number of amides is 1. The highest BCUT2D eigenvalue weighted by atomic mass is 32.1. The van der Waals surface area contributed by atoms with Crippen molar-refractivity contribution in [2.75, 3.05) is 5.32 Å². The number of benzene rings is 1. The van der Waals surface area contributed by atoms with Crippen LogP contribution in [-0.2, 0) is 11.2 Å². The van der Waals surface area contributed by atoms with Gasteiger partial charge in [0.15, 0.2) is 5.13 Å². The van der Waals surface area contributed by atoms with Crippen molar-refractivity contribution in [3.05, 3.63) is 46.8 Å². The Balaban J connectivity index is 1.56. The predicted octanol–water partition coefficient (Wildman–Crippen LogP) is 3.38. The minimum absolute atomic E-state index is 0.116. The normalized spacial score (nSPS) is 10.7. The Bertz CT molecular complexity index is 808. The number of hydrogen-bond acceptors (Lipinski definition) is 6. The minimum atomic E-state index is -0.116. The molecule has 0 saturated heterocycles. The first kappa shape index (κ1) is 15.4. The monoisotopic (exact) mass is 328 g/mol. The SMILES string of the molecule is Cc1ccc(-c2nnc(CCC(=O)Nc3ncc(C)s3)o2)cc1. The lowest BCUT2D eigenvalue weighted by Gasteiger charge is -1.99. The molecule has 7 heteroatoms. The second-order valence-corrected chi connectivity index (χ2v) is 6.43. The summed E-state index contributed by atoms with van der Waals surface area (Å²) in [4.78, 5) is 17.0. The van der Waals surface area contributed by atoms with Crippen LogP contribution in [0.4, 0.5) is 5.13 Å². The lowest BCUT2D eigenvalue weighted by molar-refractivity contribution is -0.116. The number of anilines is 1. The summed E-state index contributed by atoms with van der Waals surface area (Å²) in [5, 5.41) is 11.4. The Morgan fingerprint density at radius 2 is 2.00 bits per heavy atom. The molecule has 0 spiro atoms. The number of nitrogens with zero attached hydrogens (tertiary/aromatic N) is 3. The molecule has 2 aromatic heterocycles. The van der Waals surface area contributed by atoms with Gasteiger partial charge < -0.3 is 9.73 Å². The number of carbonyl (C=O) groups excluding carboxylic acids is 1. The number of nitrogens with one attached hydrogen (secondary N) is 1. The van der Waals surface area contributed by atoms with Crippen molar-refractivity contribution < 1.29 is 9.21 Å². The lowest BCUT2D eigenvalue weighted by Crippen LogP contribution is -2.12. The zero-order valence-electron chi connectivity index (χ0n) is 12.9. The van der Waals surface area contributed by atoms with Crippen LogP contribution in [0, 0.1) is 13.8 Å². The van der Waals surface area contributed by atoms with Gasteiger partial charge in [0.2, 0.25) is 17.7 Å². The second-order valence-electron chi connectivity index (χ2n) is 5.19. The molecule has 0 bridgehead atoms. The van der Waals surface area contributed by atoms with Crippen LogP contribution in [-0.4, -0.2) is 21.1 Å². The van der Waals surface area contributed by atoms with Gasteiger partial charge in [0, 0.05) is 29.5 Å². The minimum Gasteiger partial charge on any atom is -0.421 e. The van der Waals surface area contributed by atoms with E-state index in [0.29, 0.717) is 23.3 Å². The van der Waals surface area contributed by atoms with Gasteiger partial charge in [-0.05, 0) is 26.0 Å². The fourth-order valence-corrected chi connectivity index (χ4v) is 2.66. The van der Waals surface area contributed by atoms with E-state index in [2.05, 4.69) is 20.5 Å². The summed E-state index contributed by atoms with van der Waals surface area (Å²) in [5.74, 6) is 0.802. The molecule has 0 radical (unpaired) electrons. The Kier molecular flexibility index (Phi) is 4.47. The molecule has 0 aliphatic carbocycles. The van der Waals surface area contributed by atoms with Gasteiger partial charge in [0.1, 0.15) is 0 Å². The summed E-state index contributed by atoms with van der Waals surface area (Å²) >= 11 is 1.45. The molecular weight excluding hydrogens is 312 g/mol. The molecule has 0 unspecified atom stereocenters. The third kappa shape index (κ3) is 4.01. The van der Waals surface area contributed by atoms with Crippen LogP contribution in [0.15, 0.2) is 34.9 Å². The van der Waals surface area contributed by atoms with Crippen LogP contribution < -0.4 is 5.32 Å². The molecule has 1 amide bonds. The van der Waals surface area contributed by atoms with E-state index in [1.54, 1.807) is 6.20 Å². The Morgan fingerprint density at radius 3 is 2.70 bits per heavy atom. The van der Waals surface area contributed by atoms with Gasteiger partial charge in [-0.15, -0.1) is 21.5 Å². The molecule has 1 N–H and O–H groups in total. The Morgan fingerprint density at radius 1 is 1.22 bits per heavy atom. The van der Waals surface area contributed by atoms with Crippen LogP contribution in [0.2, 0.25) is 0 Å². The van der Waals surface area contributed by atoms with E-state index in [9.17, 15) is 4.79 Å². The zero-order valence-corrected chi connectivity index (χ0v) is 13.7. The van der Waals surface area contributed by atoms with Gasteiger partial charge in [0.05, 0.1) is 0 Å². The third-order valence-electron chi connectivity index (χ3n) is 3.20. The Labute approximate surface area is 137 Å². The van der Waals surface area contributed by atoms with Crippen LogP contribution in [0.3, 0.4) is 0 Å². The van der Waals surface area contributed by atoms with Gasteiger partial charge in [-0.25, -0.2) is 4.98 Å². The average Bonchev–Trinajstić information content (AvgIpc) is 3.15. The largest absolute Gasteiger partial charge is 0.421 e. The van der Waals surface area contributed by atoms with Gasteiger partial charge in [-0.2, -0.15) is 0 Å². The van der Waals surface area contributed by atoms with Gasteiger partial charge in [-0.1, -0.05) is 17.7 Å². The molecule has 6 nitrogen and oxygen atoms in total. The molecule has 23 heavy (non-hydrogen) atoms. The van der Waals surface area contributed by atoms with E-state index < -0.39 is 0 Å². The molecule has 0 fully saturated rings. The summed E-state index contributed by atoms with van der Waals surface area (Å²) in [5.41, 5.74) is 2.04. The van der Waals surface area contributed by atoms with Crippen LogP contribution >= 0.6 is 11.3 Å². The van der Waals surface area contributed by atoms with E-state index in [1.807, 2.05) is 38.1 Å². The van der Waals surface area contributed by atoms with E-state index in [-0.39, 0.29) is 12.3 Å². The zero-order chi connectivity index (χ0) is 16.2. The number of thiazole rings is 1. The number of aromatic nitrogens is 3. The van der Waals surface area contributed by atoms with Crippen LogP contribution in [0.5, 0.6) is 0 Å². The summed E-state index contributed by atoms with van der Waals surface area (Å²) in [7, 11) is 0.